The van der Waals surface area contributed by atoms with Crippen LogP contribution in [0.5, 0.6) is 0 Å². The van der Waals surface area contributed by atoms with E-state index in [0.717, 1.165) is 6.07 Å². The molecule has 2 aromatic rings. The topological polar surface area (TPSA) is 142 Å². The summed E-state index contributed by atoms with van der Waals surface area (Å²) in [5.41, 5.74) is 1.15. The number of hydrogen-bond acceptors (Lipinski definition) is 8. The highest BCUT2D eigenvalue weighted by atomic mass is 16.6. The van der Waals surface area contributed by atoms with Crippen molar-refractivity contribution in [2.75, 3.05) is 19.0 Å². The molecule has 168 valence electrons. The molecule has 0 heterocycles. The van der Waals surface area contributed by atoms with E-state index in [9.17, 15) is 29.3 Å². The van der Waals surface area contributed by atoms with Gasteiger partial charge in [-0.1, -0.05) is 12.1 Å². The average Bonchev–Trinajstić information content (AvgIpc) is 2.77. The number of carbonyl (C=O) groups excluding carboxylic acids is 4. The lowest BCUT2D eigenvalue weighted by atomic mass is 10.1. The fourth-order valence-corrected chi connectivity index (χ4v) is 2.71. The number of anilines is 1. The van der Waals surface area contributed by atoms with E-state index >= 15 is 0 Å². The van der Waals surface area contributed by atoms with Gasteiger partial charge in [0.2, 0.25) is 11.7 Å². The molecule has 1 N–H and O–H groups in total. The molecular formula is C22H22N2O8. The molecule has 0 bridgehead atoms. The standard InChI is InChI=1S/C22H22N2O8/c1-14-6-7-16(12-18(14)24(29)30)19(25)13-32-21(27)5-3-4-20(26)23-17-10-8-15(9-11-17)22(28)31-2/h6-12H,3-5,13H2,1-2H3,(H,23,26). The summed E-state index contributed by atoms with van der Waals surface area (Å²) in [6.07, 6.45) is 0.178. The number of hydrogen-bond donors (Lipinski definition) is 1. The normalized spacial score (nSPS) is 10.2. The van der Waals surface area contributed by atoms with E-state index in [2.05, 4.69) is 10.1 Å². The monoisotopic (exact) mass is 442 g/mol. The molecule has 0 spiro atoms. The van der Waals surface area contributed by atoms with Crippen molar-refractivity contribution in [3.05, 3.63) is 69.3 Å². The number of benzene rings is 2. The van der Waals surface area contributed by atoms with Crippen LogP contribution in [0.25, 0.3) is 0 Å². The van der Waals surface area contributed by atoms with Crippen LogP contribution in [0.4, 0.5) is 11.4 Å². The maximum atomic E-state index is 12.1. The maximum Gasteiger partial charge on any atom is 0.337 e. The number of rotatable bonds is 10. The first kappa shape index (κ1) is 24.2. The highest BCUT2D eigenvalue weighted by Gasteiger charge is 2.16. The van der Waals surface area contributed by atoms with Crippen molar-refractivity contribution in [2.24, 2.45) is 0 Å². The van der Waals surface area contributed by atoms with Gasteiger partial charge in [-0.3, -0.25) is 24.5 Å². The minimum Gasteiger partial charge on any atom is -0.465 e. The van der Waals surface area contributed by atoms with Crippen LogP contribution in [0.3, 0.4) is 0 Å². The lowest BCUT2D eigenvalue weighted by Crippen LogP contribution is -2.16. The van der Waals surface area contributed by atoms with Crippen LogP contribution >= 0.6 is 0 Å². The Labute approximate surface area is 183 Å². The molecule has 2 aromatic carbocycles. The Morgan fingerprint density at radius 2 is 1.66 bits per heavy atom. The molecule has 0 aliphatic heterocycles. The predicted molar refractivity (Wildman–Crippen MR) is 113 cm³/mol. The molecule has 0 radical (unpaired) electrons. The van der Waals surface area contributed by atoms with Crippen LogP contribution in [-0.4, -0.2) is 42.3 Å². The quantitative estimate of drug-likeness (QED) is 0.256. The molecule has 0 unspecified atom stereocenters. The summed E-state index contributed by atoms with van der Waals surface area (Å²) in [6.45, 7) is 1.01. The predicted octanol–water partition coefficient (Wildman–Crippen LogP) is 3.22. The van der Waals surface area contributed by atoms with E-state index in [1.54, 1.807) is 19.1 Å². The molecule has 2 rings (SSSR count). The Morgan fingerprint density at radius 3 is 2.28 bits per heavy atom. The zero-order chi connectivity index (χ0) is 23.7. The summed E-state index contributed by atoms with van der Waals surface area (Å²) in [5.74, 6) is -2.03. The van der Waals surface area contributed by atoms with Crippen LogP contribution in [0.2, 0.25) is 0 Å². The number of esters is 2. The van der Waals surface area contributed by atoms with Crippen LogP contribution in [-0.2, 0) is 19.1 Å². The first-order valence-corrected chi connectivity index (χ1v) is 9.63. The number of amides is 1. The second-order valence-electron chi connectivity index (χ2n) is 6.81. The number of ether oxygens (including phenoxy) is 2. The van der Waals surface area contributed by atoms with Gasteiger partial charge in [0, 0.05) is 35.7 Å². The van der Waals surface area contributed by atoms with Crippen molar-refractivity contribution in [1.29, 1.82) is 0 Å². The van der Waals surface area contributed by atoms with Gasteiger partial charge in [-0.15, -0.1) is 0 Å². The van der Waals surface area contributed by atoms with E-state index in [-0.39, 0.29) is 36.4 Å². The molecule has 1 amide bonds. The molecule has 0 saturated carbocycles. The average molecular weight is 442 g/mol. The summed E-state index contributed by atoms with van der Waals surface area (Å²) in [7, 11) is 1.27. The van der Waals surface area contributed by atoms with Gasteiger partial charge in [0.1, 0.15) is 0 Å². The van der Waals surface area contributed by atoms with E-state index < -0.39 is 29.3 Å². The lowest BCUT2D eigenvalue weighted by Gasteiger charge is -2.07. The molecule has 0 fully saturated rings. The number of carbonyl (C=O) groups is 4. The van der Waals surface area contributed by atoms with Crippen molar-refractivity contribution in [3.63, 3.8) is 0 Å². The number of nitrogens with one attached hydrogen (secondary N) is 1. The van der Waals surface area contributed by atoms with Crippen LogP contribution in [0, 0.1) is 17.0 Å². The number of nitro benzene ring substituents is 1. The van der Waals surface area contributed by atoms with Gasteiger partial charge >= 0.3 is 11.9 Å². The molecule has 10 nitrogen and oxygen atoms in total. The van der Waals surface area contributed by atoms with Gasteiger partial charge in [-0.2, -0.15) is 0 Å². The zero-order valence-corrected chi connectivity index (χ0v) is 17.6. The fourth-order valence-electron chi connectivity index (χ4n) is 2.71. The summed E-state index contributed by atoms with van der Waals surface area (Å²) >= 11 is 0. The molecule has 0 atom stereocenters. The Morgan fingerprint density at radius 1 is 1.00 bits per heavy atom. The Bertz CT molecular complexity index is 1030. The van der Waals surface area contributed by atoms with Crippen molar-refractivity contribution in [2.45, 2.75) is 26.2 Å². The minimum absolute atomic E-state index is 0.0476. The third kappa shape index (κ3) is 7.01. The van der Waals surface area contributed by atoms with Gasteiger partial charge in [0.15, 0.2) is 6.61 Å². The van der Waals surface area contributed by atoms with Gasteiger partial charge in [-0.25, -0.2) is 4.79 Å². The van der Waals surface area contributed by atoms with Gasteiger partial charge in [0.05, 0.1) is 17.6 Å². The third-order valence-electron chi connectivity index (χ3n) is 4.47. The first-order valence-electron chi connectivity index (χ1n) is 9.63. The fraction of sp³-hybridized carbons (Fsp3) is 0.273. The summed E-state index contributed by atoms with van der Waals surface area (Å²) < 4.78 is 9.49. The SMILES string of the molecule is COC(=O)c1ccc(NC(=O)CCCC(=O)OCC(=O)c2ccc(C)c([N+](=O)[O-])c2)cc1. The molecule has 10 heteroatoms. The molecule has 0 aliphatic carbocycles. The van der Waals surface area contributed by atoms with E-state index in [4.69, 9.17) is 4.74 Å². The highest BCUT2D eigenvalue weighted by molar-refractivity contribution is 5.98. The smallest absolute Gasteiger partial charge is 0.337 e. The first-order chi connectivity index (χ1) is 15.2. The van der Waals surface area contributed by atoms with Crippen molar-refractivity contribution in [1.82, 2.24) is 0 Å². The second-order valence-corrected chi connectivity index (χ2v) is 6.81. The summed E-state index contributed by atoms with van der Waals surface area (Å²) in [6, 6.07) is 10.2. The third-order valence-corrected chi connectivity index (χ3v) is 4.47. The Hall–Kier alpha value is -4.08. The molecular weight excluding hydrogens is 420 g/mol. The highest BCUT2D eigenvalue weighted by Crippen LogP contribution is 2.19. The molecule has 0 aromatic heterocycles. The number of ketones is 1. The molecule has 0 aliphatic rings. The minimum atomic E-state index is -0.657. The number of nitro groups is 1. The zero-order valence-electron chi connectivity index (χ0n) is 17.6. The van der Waals surface area contributed by atoms with Crippen molar-refractivity contribution >= 4 is 35.0 Å². The molecule has 32 heavy (non-hydrogen) atoms. The number of methoxy groups -OCH3 is 1. The van der Waals surface area contributed by atoms with Crippen molar-refractivity contribution in [3.8, 4) is 0 Å². The lowest BCUT2D eigenvalue weighted by molar-refractivity contribution is -0.385. The maximum absolute atomic E-state index is 12.1. The van der Waals surface area contributed by atoms with Gasteiger partial charge in [0.25, 0.3) is 5.69 Å². The number of Topliss-reactive ketones (excluding diaryl/α,β-unsaturated/α-hetero) is 1. The van der Waals surface area contributed by atoms with Crippen molar-refractivity contribution < 1.29 is 33.6 Å². The Kier molecular flexibility index (Phi) is 8.58. The summed E-state index contributed by atoms with van der Waals surface area (Å²) in [5, 5.41) is 13.6. The largest absolute Gasteiger partial charge is 0.465 e. The van der Waals surface area contributed by atoms with E-state index in [0.29, 0.717) is 16.8 Å². The van der Waals surface area contributed by atoms with Gasteiger partial charge < -0.3 is 14.8 Å². The van der Waals surface area contributed by atoms with Gasteiger partial charge in [-0.05, 0) is 37.6 Å². The second kappa shape index (κ2) is 11.3. The number of aryl methyl sites for hydroxylation is 1. The summed E-state index contributed by atoms with van der Waals surface area (Å²) in [4.78, 5) is 57.7. The molecule has 0 saturated heterocycles. The number of nitrogens with zero attached hydrogens (tertiary/aromatic N) is 1. The van der Waals surface area contributed by atoms with Crippen LogP contribution < -0.4 is 5.32 Å². The van der Waals surface area contributed by atoms with E-state index in [1.807, 2.05) is 0 Å². The van der Waals surface area contributed by atoms with E-state index in [1.165, 1.54) is 31.4 Å². The van der Waals surface area contributed by atoms with Crippen LogP contribution in [0.1, 0.15) is 45.5 Å². The Balaban J connectivity index is 1.73. The van der Waals surface area contributed by atoms with Crippen LogP contribution in [0.15, 0.2) is 42.5 Å².